The summed E-state index contributed by atoms with van der Waals surface area (Å²) in [4.78, 5) is 4.58. The average Bonchev–Trinajstić information content (AvgIpc) is 3.10. The first-order valence-corrected chi connectivity index (χ1v) is 11.2. The van der Waals surface area contributed by atoms with E-state index in [1.165, 1.54) is 0 Å². The van der Waals surface area contributed by atoms with E-state index in [1.54, 1.807) is 6.07 Å². The lowest BCUT2D eigenvalue weighted by Gasteiger charge is -2.11. The van der Waals surface area contributed by atoms with Crippen molar-refractivity contribution in [2.24, 2.45) is 0 Å². The van der Waals surface area contributed by atoms with Crippen LogP contribution in [0.25, 0.3) is 16.7 Å². The van der Waals surface area contributed by atoms with Crippen LogP contribution >= 0.6 is 0 Å². The summed E-state index contributed by atoms with van der Waals surface area (Å²) >= 11 is 0. The monoisotopic (exact) mass is 432 g/mol. The number of aromatic nitrogens is 1. The topological polar surface area (TPSA) is 68.3 Å². The van der Waals surface area contributed by atoms with E-state index in [4.69, 9.17) is 19.2 Å². The zero-order valence-electron chi connectivity index (χ0n) is 19.7. The molecule has 1 heterocycles. The van der Waals surface area contributed by atoms with E-state index in [9.17, 15) is 0 Å². The lowest BCUT2D eigenvalue weighted by Crippen LogP contribution is -2.13. The molecule has 168 valence electrons. The van der Waals surface area contributed by atoms with Crippen molar-refractivity contribution in [1.82, 2.24) is 4.98 Å². The average molecular weight is 433 g/mol. The number of hydrogen-bond donors (Lipinski definition) is 0. The molecule has 1 aromatic heterocycles. The fraction of sp³-hybridized carbons (Fsp3) is 0.407. The molecule has 3 rings (SSSR count). The van der Waals surface area contributed by atoms with Crippen LogP contribution in [0.15, 0.2) is 46.4 Å². The Morgan fingerprint density at radius 3 is 2.78 bits per heavy atom. The zero-order chi connectivity index (χ0) is 23.3. The second-order valence-electron chi connectivity index (χ2n) is 7.10. The van der Waals surface area contributed by atoms with Gasteiger partial charge in [-0.05, 0) is 50.5 Å². The molecular formula is C27H32N2O3. The van der Waals surface area contributed by atoms with E-state index in [2.05, 4.69) is 29.8 Å². The lowest BCUT2D eigenvalue weighted by molar-refractivity contribution is -0.121. The van der Waals surface area contributed by atoms with Crippen LogP contribution in [-0.2, 0) is 9.47 Å². The summed E-state index contributed by atoms with van der Waals surface area (Å²) in [6.45, 7) is 11.0. The summed E-state index contributed by atoms with van der Waals surface area (Å²) in [6.07, 6.45) is 10.5. The molecule has 0 bridgehead atoms. The third-order valence-corrected chi connectivity index (χ3v) is 4.65. The van der Waals surface area contributed by atoms with Gasteiger partial charge in [-0.2, -0.15) is 5.26 Å². The molecule has 1 aliphatic carbocycles. The first-order valence-electron chi connectivity index (χ1n) is 11.2. The Labute approximate surface area is 191 Å². The maximum atomic E-state index is 9.15. The molecule has 0 aliphatic heterocycles. The highest BCUT2D eigenvalue weighted by Gasteiger charge is 2.13. The smallest absolute Gasteiger partial charge is 0.223 e. The van der Waals surface area contributed by atoms with Gasteiger partial charge >= 0.3 is 0 Å². The summed E-state index contributed by atoms with van der Waals surface area (Å²) in [5, 5.41) is 9.15. The molecule has 5 nitrogen and oxygen atoms in total. The van der Waals surface area contributed by atoms with Crippen molar-refractivity contribution in [3.63, 3.8) is 0 Å². The predicted octanol–water partition coefficient (Wildman–Crippen LogP) is 6.49. The summed E-state index contributed by atoms with van der Waals surface area (Å²) in [7, 11) is 0. The molecule has 1 unspecified atom stereocenters. The summed E-state index contributed by atoms with van der Waals surface area (Å²) in [5.74, 6) is 6.72. The third-order valence-electron chi connectivity index (χ3n) is 4.65. The molecule has 0 saturated carbocycles. The molecule has 5 heteroatoms. The van der Waals surface area contributed by atoms with Crippen molar-refractivity contribution < 1.29 is 13.9 Å². The number of nitriles is 1. The van der Waals surface area contributed by atoms with Crippen molar-refractivity contribution >= 4 is 16.7 Å². The van der Waals surface area contributed by atoms with Gasteiger partial charge in [0.05, 0.1) is 11.6 Å². The molecule has 0 N–H and O–H groups in total. The maximum Gasteiger partial charge on any atom is 0.223 e. The molecule has 0 amide bonds. The van der Waals surface area contributed by atoms with Gasteiger partial charge in [-0.15, -0.1) is 0 Å². The zero-order valence-corrected chi connectivity index (χ0v) is 19.7. The van der Waals surface area contributed by atoms with Gasteiger partial charge in [0.1, 0.15) is 12.1 Å². The van der Waals surface area contributed by atoms with E-state index in [-0.39, 0.29) is 6.29 Å². The summed E-state index contributed by atoms with van der Waals surface area (Å²) in [5.41, 5.74) is 4.77. The summed E-state index contributed by atoms with van der Waals surface area (Å²) < 4.78 is 17.1. The van der Waals surface area contributed by atoms with Gasteiger partial charge in [-0.3, -0.25) is 0 Å². The minimum atomic E-state index is -0.250. The van der Waals surface area contributed by atoms with Gasteiger partial charge in [0.2, 0.25) is 5.89 Å². The quantitative estimate of drug-likeness (QED) is 0.284. The number of nitrogens with zero attached hydrogens (tertiary/aromatic N) is 2. The molecule has 0 fully saturated rings. The Kier molecular flexibility index (Phi) is 10.5. The van der Waals surface area contributed by atoms with Crippen molar-refractivity contribution in [3.05, 3.63) is 59.0 Å². The molecule has 32 heavy (non-hydrogen) atoms. The second kappa shape index (κ2) is 13.3. The van der Waals surface area contributed by atoms with E-state index < -0.39 is 0 Å². The molecule has 0 radical (unpaired) electrons. The normalized spacial score (nSPS) is 13.6. The summed E-state index contributed by atoms with van der Waals surface area (Å²) in [6, 6.07) is 5.72. The van der Waals surface area contributed by atoms with Crippen molar-refractivity contribution in [1.29, 1.82) is 5.26 Å². The van der Waals surface area contributed by atoms with E-state index in [0.29, 0.717) is 36.6 Å². The Hall–Kier alpha value is -3.12. The van der Waals surface area contributed by atoms with Gasteiger partial charge in [0.25, 0.3) is 0 Å². The second-order valence-corrected chi connectivity index (χ2v) is 7.10. The number of oxazole rings is 1. The largest absolute Gasteiger partial charge is 0.436 e. The predicted molar refractivity (Wildman–Crippen MR) is 129 cm³/mol. The number of rotatable bonds is 7. The number of hydrogen-bond acceptors (Lipinski definition) is 5. The van der Waals surface area contributed by atoms with Crippen LogP contribution in [0.1, 0.15) is 64.0 Å². The standard InChI is InChI=1S/C25H26N2O3.C2H6/c1-4-5-13-28-19(3)29-14-7-9-20-8-6-10-22(12-11-20)25-27-23-16-21(17-26)15-18(2)24(23)30-25;1-2/h6,8,11-12,15-16,19H,4-5,10,13-14H2,1-3H3;1-2H3. The highest BCUT2D eigenvalue weighted by molar-refractivity contribution is 5.81. The Morgan fingerprint density at radius 2 is 2.03 bits per heavy atom. The SMILES string of the molecule is CC.CCCCOC(C)OCC#CC1=CC=C(c2nc3cc(C#N)cc(C)c3o2)CC=C1. The Bertz CT molecular complexity index is 1090. The number of fused-ring (bicyclic) bond motifs is 1. The molecule has 1 aromatic carbocycles. The molecule has 1 atom stereocenters. The fourth-order valence-electron chi connectivity index (χ4n) is 3.01. The third kappa shape index (κ3) is 7.24. The number of benzene rings is 1. The highest BCUT2D eigenvalue weighted by atomic mass is 16.7. The van der Waals surface area contributed by atoms with Crippen LogP contribution in [0.4, 0.5) is 0 Å². The minimum Gasteiger partial charge on any atom is -0.436 e. The lowest BCUT2D eigenvalue weighted by atomic mass is 10.1. The molecule has 1 aliphatic rings. The van der Waals surface area contributed by atoms with Crippen LogP contribution in [0.2, 0.25) is 0 Å². The number of allylic oxidation sites excluding steroid dienone is 6. The molecule has 2 aromatic rings. The van der Waals surface area contributed by atoms with Crippen molar-refractivity contribution in [2.75, 3.05) is 13.2 Å². The fourth-order valence-corrected chi connectivity index (χ4v) is 3.01. The number of unbranched alkanes of at least 4 members (excludes halogenated alkanes) is 1. The number of ether oxygens (including phenoxy) is 2. The maximum absolute atomic E-state index is 9.15. The molecule has 0 spiro atoms. The minimum absolute atomic E-state index is 0.250. The first-order chi connectivity index (χ1) is 15.6. The van der Waals surface area contributed by atoms with Gasteiger partial charge in [-0.1, -0.05) is 57.3 Å². The van der Waals surface area contributed by atoms with Crippen LogP contribution in [-0.4, -0.2) is 24.5 Å². The van der Waals surface area contributed by atoms with E-state index in [0.717, 1.165) is 35.1 Å². The van der Waals surface area contributed by atoms with Gasteiger partial charge in [-0.25, -0.2) is 4.98 Å². The molecule has 0 saturated heterocycles. The first kappa shape index (κ1) is 25.1. The van der Waals surface area contributed by atoms with Gasteiger partial charge in [0, 0.05) is 17.8 Å². The van der Waals surface area contributed by atoms with Crippen LogP contribution in [0.3, 0.4) is 0 Å². The van der Waals surface area contributed by atoms with Gasteiger partial charge < -0.3 is 13.9 Å². The number of aryl methyl sites for hydroxylation is 1. The highest BCUT2D eigenvalue weighted by Crippen LogP contribution is 2.28. The van der Waals surface area contributed by atoms with E-state index >= 15 is 0 Å². The Balaban J connectivity index is 0.00000176. The van der Waals surface area contributed by atoms with Crippen LogP contribution in [0, 0.1) is 30.1 Å². The van der Waals surface area contributed by atoms with Crippen LogP contribution in [0.5, 0.6) is 0 Å². The van der Waals surface area contributed by atoms with Gasteiger partial charge in [0.15, 0.2) is 11.9 Å². The van der Waals surface area contributed by atoms with Crippen LogP contribution < -0.4 is 0 Å². The van der Waals surface area contributed by atoms with Crippen molar-refractivity contribution in [3.8, 4) is 17.9 Å². The van der Waals surface area contributed by atoms with Crippen molar-refractivity contribution in [2.45, 2.75) is 60.2 Å². The van der Waals surface area contributed by atoms with E-state index in [1.807, 2.05) is 58.1 Å². The Morgan fingerprint density at radius 1 is 1.22 bits per heavy atom. The molecular weight excluding hydrogens is 400 g/mol.